The van der Waals surface area contributed by atoms with Gasteiger partial charge in [0.2, 0.25) is 0 Å². The van der Waals surface area contributed by atoms with Crippen LogP contribution in [0.4, 0.5) is 0 Å². The molecule has 1 N–H and O–H groups in total. The second kappa shape index (κ2) is 6.46. The molecule has 0 saturated heterocycles. The van der Waals surface area contributed by atoms with Crippen molar-refractivity contribution in [2.75, 3.05) is 19.8 Å². The van der Waals surface area contributed by atoms with Crippen molar-refractivity contribution in [2.24, 2.45) is 0 Å². The van der Waals surface area contributed by atoms with Gasteiger partial charge in [-0.2, -0.15) is 0 Å². The molecule has 0 bridgehead atoms. The van der Waals surface area contributed by atoms with Crippen LogP contribution in [0.25, 0.3) is 0 Å². The maximum Gasteiger partial charge on any atom is 0.117 e. The molecule has 0 saturated carbocycles. The average molecular weight is 181 g/mol. The smallest absolute Gasteiger partial charge is 0.117 e. The van der Waals surface area contributed by atoms with Gasteiger partial charge in [0.15, 0.2) is 0 Å². The van der Waals surface area contributed by atoms with Crippen LogP contribution in [0.3, 0.4) is 0 Å². The average Bonchev–Trinajstić information content (AvgIpc) is 2.63. The van der Waals surface area contributed by atoms with Crippen LogP contribution < -0.4 is 5.32 Å². The Labute approximate surface area is 78.4 Å². The minimum absolute atomic E-state index is 0.614. The fourth-order valence-corrected chi connectivity index (χ4v) is 0.936. The zero-order valence-electron chi connectivity index (χ0n) is 7.66. The zero-order chi connectivity index (χ0) is 9.36. The quantitative estimate of drug-likeness (QED) is 0.512. The van der Waals surface area contributed by atoms with Gasteiger partial charge in [-0.05, 0) is 12.1 Å². The van der Waals surface area contributed by atoms with E-state index in [9.17, 15) is 0 Å². The number of nitrogens with one attached hydrogen (secondary N) is 1. The predicted molar refractivity (Wildman–Crippen MR) is 51.4 cm³/mol. The molecular weight excluding hydrogens is 166 g/mol. The lowest BCUT2D eigenvalue weighted by atomic mass is 10.4. The lowest BCUT2D eigenvalue weighted by Gasteiger charge is -2.02. The van der Waals surface area contributed by atoms with E-state index in [1.165, 1.54) is 0 Å². The lowest BCUT2D eigenvalue weighted by Crippen LogP contribution is -2.18. The fraction of sp³-hybridized carbons (Fsp3) is 0.400. The SMILES string of the molecule is C=CCOCCNCc1ccco1. The summed E-state index contributed by atoms with van der Waals surface area (Å²) in [7, 11) is 0. The summed E-state index contributed by atoms with van der Waals surface area (Å²) in [6.07, 6.45) is 3.41. The molecule has 0 radical (unpaired) electrons. The van der Waals surface area contributed by atoms with Gasteiger partial charge in [0.25, 0.3) is 0 Å². The standard InChI is InChI=1S/C10H15NO2/c1-2-6-12-8-5-11-9-10-4-3-7-13-10/h2-4,7,11H,1,5-6,8-9H2. The number of furan rings is 1. The van der Waals surface area contributed by atoms with Crippen molar-refractivity contribution in [3.05, 3.63) is 36.8 Å². The summed E-state index contributed by atoms with van der Waals surface area (Å²) in [5, 5.41) is 3.19. The second-order valence-electron chi connectivity index (χ2n) is 2.62. The van der Waals surface area contributed by atoms with Crippen LogP contribution in [0.15, 0.2) is 35.5 Å². The fourth-order valence-electron chi connectivity index (χ4n) is 0.936. The largest absolute Gasteiger partial charge is 0.468 e. The molecule has 0 fully saturated rings. The number of ether oxygens (including phenoxy) is 1. The summed E-state index contributed by atoms with van der Waals surface area (Å²) < 4.78 is 10.3. The van der Waals surface area contributed by atoms with E-state index < -0.39 is 0 Å². The van der Waals surface area contributed by atoms with Crippen molar-refractivity contribution < 1.29 is 9.15 Å². The highest BCUT2D eigenvalue weighted by Gasteiger charge is 1.93. The van der Waals surface area contributed by atoms with Crippen LogP contribution in [0.2, 0.25) is 0 Å². The maximum absolute atomic E-state index is 5.19. The van der Waals surface area contributed by atoms with Crippen molar-refractivity contribution in [2.45, 2.75) is 6.54 Å². The van der Waals surface area contributed by atoms with E-state index in [2.05, 4.69) is 11.9 Å². The van der Waals surface area contributed by atoms with Crippen molar-refractivity contribution in [3.8, 4) is 0 Å². The van der Waals surface area contributed by atoms with Gasteiger partial charge in [-0.15, -0.1) is 6.58 Å². The van der Waals surface area contributed by atoms with Crippen molar-refractivity contribution in [3.63, 3.8) is 0 Å². The van der Waals surface area contributed by atoms with E-state index in [-0.39, 0.29) is 0 Å². The van der Waals surface area contributed by atoms with Gasteiger partial charge < -0.3 is 14.5 Å². The highest BCUT2D eigenvalue weighted by atomic mass is 16.5. The van der Waals surface area contributed by atoms with Gasteiger partial charge in [0, 0.05) is 6.54 Å². The summed E-state index contributed by atoms with van der Waals surface area (Å²) in [5.41, 5.74) is 0. The highest BCUT2D eigenvalue weighted by molar-refractivity contribution is 4.97. The van der Waals surface area contributed by atoms with Crippen LogP contribution in [0.5, 0.6) is 0 Å². The molecule has 3 heteroatoms. The molecule has 0 aliphatic heterocycles. The minimum Gasteiger partial charge on any atom is -0.468 e. The number of hydrogen-bond donors (Lipinski definition) is 1. The van der Waals surface area contributed by atoms with Crippen molar-refractivity contribution >= 4 is 0 Å². The lowest BCUT2D eigenvalue weighted by molar-refractivity contribution is 0.163. The van der Waals surface area contributed by atoms with Crippen LogP contribution in [-0.2, 0) is 11.3 Å². The Bertz CT molecular complexity index is 219. The second-order valence-corrected chi connectivity index (χ2v) is 2.62. The monoisotopic (exact) mass is 181 g/mol. The molecule has 0 unspecified atom stereocenters. The van der Waals surface area contributed by atoms with E-state index in [4.69, 9.17) is 9.15 Å². The van der Waals surface area contributed by atoms with Crippen molar-refractivity contribution in [1.82, 2.24) is 5.32 Å². The molecule has 72 valence electrons. The van der Waals surface area contributed by atoms with Crippen molar-refractivity contribution in [1.29, 1.82) is 0 Å². The Balaban J connectivity index is 1.93. The van der Waals surface area contributed by atoms with Crippen LogP contribution in [0, 0.1) is 0 Å². The van der Waals surface area contributed by atoms with E-state index in [0.717, 1.165) is 18.8 Å². The van der Waals surface area contributed by atoms with Gasteiger partial charge in [0.05, 0.1) is 26.0 Å². The minimum atomic E-state index is 0.614. The van der Waals surface area contributed by atoms with Gasteiger partial charge in [-0.1, -0.05) is 6.08 Å². The summed E-state index contributed by atoms with van der Waals surface area (Å²) in [6.45, 7) is 6.46. The molecule has 0 spiro atoms. The Morgan fingerprint density at radius 3 is 3.23 bits per heavy atom. The summed E-state index contributed by atoms with van der Waals surface area (Å²) in [6, 6.07) is 3.82. The van der Waals surface area contributed by atoms with Gasteiger partial charge in [-0.25, -0.2) is 0 Å². The molecule has 0 aliphatic rings. The molecule has 0 amide bonds. The Hall–Kier alpha value is -1.06. The summed E-state index contributed by atoms with van der Waals surface area (Å²) >= 11 is 0. The van der Waals surface area contributed by atoms with Crippen LogP contribution in [0.1, 0.15) is 5.76 Å². The molecule has 13 heavy (non-hydrogen) atoms. The Kier molecular flexibility index (Phi) is 4.98. The first-order valence-corrected chi connectivity index (χ1v) is 4.35. The van der Waals surface area contributed by atoms with E-state index >= 15 is 0 Å². The molecule has 3 nitrogen and oxygen atoms in total. The van der Waals surface area contributed by atoms with Crippen LogP contribution >= 0.6 is 0 Å². The molecule has 0 aliphatic carbocycles. The van der Waals surface area contributed by atoms with E-state index in [1.807, 2.05) is 12.1 Å². The first-order valence-electron chi connectivity index (χ1n) is 4.35. The molecule has 0 aromatic carbocycles. The first-order chi connectivity index (χ1) is 6.43. The topological polar surface area (TPSA) is 34.4 Å². The Morgan fingerprint density at radius 2 is 2.54 bits per heavy atom. The molecule has 1 rings (SSSR count). The van der Waals surface area contributed by atoms with Crippen LogP contribution in [-0.4, -0.2) is 19.8 Å². The molecule has 1 heterocycles. The molecule has 0 atom stereocenters. The molecule has 1 aromatic rings. The van der Waals surface area contributed by atoms with E-state index in [1.54, 1.807) is 12.3 Å². The van der Waals surface area contributed by atoms with Gasteiger partial charge in [0.1, 0.15) is 5.76 Å². The highest BCUT2D eigenvalue weighted by Crippen LogP contribution is 1.97. The predicted octanol–water partition coefficient (Wildman–Crippen LogP) is 1.57. The first kappa shape index (κ1) is 10.0. The number of hydrogen-bond acceptors (Lipinski definition) is 3. The molecule has 1 aromatic heterocycles. The van der Waals surface area contributed by atoms with Gasteiger partial charge in [-0.3, -0.25) is 0 Å². The third kappa shape index (κ3) is 4.50. The van der Waals surface area contributed by atoms with E-state index in [0.29, 0.717) is 13.2 Å². The molecular formula is C10H15NO2. The normalized spacial score (nSPS) is 10.2. The zero-order valence-corrected chi connectivity index (χ0v) is 7.66. The third-order valence-electron chi connectivity index (χ3n) is 1.54. The maximum atomic E-state index is 5.19. The number of rotatable bonds is 7. The third-order valence-corrected chi connectivity index (χ3v) is 1.54. The summed E-state index contributed by atoms with van der Waals surface area (Å²) in [5.74, 6) is 0.948. The van der Waals surface area contributed by atoms with Gasteiger partial charge >= 0.3 is 0 Å². The summed E-state index contributed by atoms with van der Waals surface area (Å²) in [4.78, 5) is 0. The Morgan fingerprint density at radius 1 is 1.62 bits per heavy atom.